The Morgan fingerprint density at radius 3 is 2.65 bits per heavy atom. The molecule has 0 aliphatic carbocycles. The van der Waals surface area contributed by atoms with Gasteiger partial charge in [0.1, 0.15) is 18.2 Å². The van der Waals surface area contributed by atoms with Crippen molar-refractivity contribution in [3.8, 4) is 5.69 Å². The molecule has 2 aliphatic heterocycles. The monoisotopic (exact) mass is 548 g/mol. The van der Waals surface area contributed by atoms with E-state index >= 15 is 0 Å². The summed E-state index contributed by atoms with van der Waals surface area (Å²) in [5.74, 6) is -0.255. The van der Waals surface area contributed by atoms with Crippen molar-refractivity contribution in [3.05, 3.63) is 83.2 Å². The minimum atomic E-state index is -4.64. The normalized spacial score (nSPS) is 16.4. The highest BCUT2D eigenvalue weighted by Crippen LogP contribution is 2.32. The molecule has 2 N–H and O–H groups in total. The highest BCUT2D eigenvalue weighted by atomic mass is 19.4. The molecule has 0 bridgehead atoms. The molecule has 3 heterocycles. The van der Waals surface area contributed by atoms with Crippen molar-refractivity contribution in [2.45, 2.75) is 26.1 Å². The number of nitrogens with zero attached hydrogens (tertiary/aromatic N) is 6. The van der Waals surface area contributed by atoms with Crippen molar-refractivity contribution in [1.29, 1.82) is 0 Å². The van der Waals surface area contributed by atoms with Gasteiger partial charge in [-0.1, -0.05) is 6.07 Å². The number of methoxy groups -OCH3 is 1. The van der Waals surface area contributed by atoms with Crippen LogP contribution in [-0.4, -0.2) is 52.9 Å². The summed E-state index contributed by atoms with van der Waals surface area (Å²) in [5, 5.41) is 5.88. The van der Waals surface area contributed by atoms with Crippen LogP contribution in [0.2, 0.25) is 0 Å². The molecule has 2 aliphatic rings. The number of aryl methyl sites for hydroxylation is 2. The number of imidazole rings is 1. The van der Waals surface area contributed by atoms with Gasteiger partial charge in [0.25, 0.3) is 5.91 Å². The van der Waals surface area contributed by atoms with Crippen LogP contribution >= 0.6 is 0 Å². The fourth-order valence-corrected chi connectivity index (χ4v) is 3.97. The van der Waals surface area contributed by atoms with Crippen LogP contribution in [-0.2, 0) is 10.9 Å². The summed E-state index contributed by atoms with van der Waals surface area (Å²) < 4.78 is 47.5. The lowest BCUT2D eigenvalue weighted by Crippen LogP contribution is -2.25. The number of anilines is 2. The van der Waals surface area contributed by atoms with E-state index in [0.29, 0.717) is 28.6 Å². The first-order valence-electron chi connectivity index (χ1n) is 12.0. The number of hydrogen-bond acceptors (Lipinski definition) is 8. The zero-order valence-electron chi connectivity index (χ0n) is 21.6. The number of alkyl halides is 3. The van der Waals surface area contributed by atoms with Gasteiger partial charge >= 0.3 is 12.2 Å². The lowest BCUT2D eigenvalue weighted by molar-refractivity contribution is -0.137. The summed E-state index contributed by atoms with van der Waals surface area (Å²) in [7, 11) is 1.47. The quantitative estimate of drug-likeness (QED) is 0.469. The fraction of sp³-hybridized carbons (Fsp3) is 0.185. The Hall–Kier alpha value is -5.07. The molecular weight excluding hydrogens is 525 g/mol. The van der Waals surface area contributed by atoms with Crippen LogP contribution in [0.5, 0.6) is 0 Å². The maximum Gasteiger partial charge on any atom is 0.416 e. The maximum atomic E-state index is 13.6. The fourth-order valence-electron chi connectivity index (χ4n) is 3.97. The molecule has 0 fully saturated rings. The van der Waals surface area contributed by atoms with E-state index in [1.165, 1.54) is 30.4 Å². The molecule has 1 aromatic heterocycles. The predicted molar refractivity (Wildman–Crippen MR) is 147 cm³/mol. The smallest absolute Gasteiger partial charge is 0.416 e. The Morgan fingerprint density at radius 1 is 1.10 bits per heavy atom. The van der Waals surface area contributed by atoms with E-state index in [-0.39, 0.29) is 17.3 Å². The van der Waals surface area contributed by atoms with Crippen molar-refractivity contribution in [3.63, 3.8) is 0 Å². The number of nitrogens with one attached hydrogen (secondary N) is 2. The Kier molecular flexibility index (Phi) is 7.03. The van der Waals surface area contributed by atoms with Crippen LogP contribution in [0, 0.1) is 13.8 Å². The van der Waals surface area contributed by atoms with Crippen LogP contribution in [0.15, 0.2) is 80.8 Å². The van der Waals surface area contributed by atoms with Gasteiger partial charge in [0.05, 0.1) is 36.6 Å². The summed E-state index contributed by atoms with van der Waals surface area (Å²) >= 11 is 0. The van der Waals surface area contributed by atoms with Gasteiger partial charge in [-0.3, -0.25) is 4.79 Å². The zero-order chi connectivity index (χ0) is 28.4. The van der Waals surface area contributed by atoms with Crippen LogP contribution < -0.4 is 10.6 Å². The highest BCUT2D eigenvalue weighted by molar-refractivity contribution is 6.37. The van der Waals surface area contributed by atoms with Crippen molar-refractivity contribution in [2.75, 3.05) is 17.7 Å². The molecular formula is C27H23F3N8O2. The van der Waals surface area contributed by atoms with Crippen LogP contribution in [0.25, 0.3) is 5.69 Å². The van der Waals surface area contributed by atoms with E-state index in [4.69, 9.17) is 4.74 Å². The first kappa shape index (κ1) is 26.5. The molecule has 13 heteroatoms. The predicted octanol–water partition coefficient (Wildman–Crippen LogP) is 4.95. The topological polar surface area (TPSA) is 118 Å². The van der Waals surface area contributed by atoms with E-state index in [1.54, 1.807) is 43.6 Å². The molecule has 2 aromatic carbocycles. The lowest BCUT2D eigenvalue weighted by atomic mass is 10.1. The van der Waals surface area contributed by atoms with Gasteiger partial charge in [-0.05, 0) is 55.8 Å². The average Bonchev–Trinajstić information content (AvgIpc) is 3.26. The molecule has 204 valence electrons. The molecule has 10 nitrogen and oxygen atoms in total. The summed E-state index contributed by atoms with van der Waals surface area (Å²) in [5.41, 5.74) is 2.10. The Balaban J connectivity index is 1.39. The number of amidine groups is 1. The second kappa shape index (κ2) is 10.6. The molecule has 40 heavy (non-hydrogen) atoms. The molecule has 0 saturated carbocycles. The van der Waals surface area contributed by atoms with Gasteiger partial charge in [0.15, 0.2) is 0 Å². The molecule has 1 atom stereocenters. The molecule has 1 unspecified atom stereocenters. The molecule has 1 amide bonds. The van der Waals surface area contributed by atoms with Crippen molar-refractivity contribution in [1.82, 2.24) is 9.55 Å². The van der Waals surface area contributed by atoms with Gasteiger partial charge in [-0.25, -0.2) is 25.0 Å². The van der Waals surface area contributed by atoms with Crippen LogP contribution in [0.1, 0.15) is 27.2 Å². The number of aliphatic imine (C=N–C) groups is 4. The SMILES string of the molecule is COC1=NC2C=C(Nc3cc(NC(=O)c4cc(-n5cnc(C)c5)cc(C(F)(F)F)c4)ccc3C)N=CN=C2C=N1. The number of halogens is 3. The van der Waals surface area contributed by atoms with Crippen molar-refractivity contribution < 1.29 is 22.7 Å². The summed E-state index contributed by atoms with van der Waals surface area (Å²) in [4.78, 5) is 34.2. The van der Waals surface area contributed by atoms with Crippen molar-refractivity contribution in [2.24, 2.45) is 20.0 Å². The van der Waals surface area contributed by atoms with E-state index in [9.17, 15) is 18.0 Å². The zero-order valence-corrected chi connectivity index (χ0v) is 21.6. The Morgan fingerprint density at radius 2 is 1.93 bits per heavy atom. The number of fused-ring (bicyclic) bond motifs is 1. The highest BCUT2D eigenvalue weighted by Gasteiger charge is 2.32. The maximum absolute atomic E-state index is 13.6. The third kappa shape index (κ3) is 5.82. The first-order chi connectivity index (χ1) is 19.1. The number of carbonyl (C=O) groups excluding carboxylic acids is 1. The summed E-state index contributed by atoms with van der Waals surface area (Å²) in [6.45, 7) is 3.58. The van der Waals surface area contributed by atoms with Gasteiger partial charge in [-0.15, -0.1) is 0 Å². The second-order valence-corrected chi connectivity index (χ2v) is 8.97. The largest absolute Gasteiger partial charge is 0.467 e. The average molecular weight is 549 g/mol. The number of carbonyl (C=O) groups is 1. The van der Waals surface area contributed by atoms with Crippen LogP contribution in [0.3, 0.4) is 0 Å². The third-order valence-electron chi connectivity index (χ3n) is 6.04. The molecule has 5 rings (SSSR count). The van der Waals surface area contributed by atoms with E-state index in [1.807, 2.05) is 6.92 Å². The van der Waals surface area contributed by atoms with E-state index in [2.05, 4.69) is 35.6 Å². The van der Waals surface area contributed by atoms with Gasteiger partial charge in [0.2, 0.25) is 0 Å². The first-order valence-corrected chi connectivity index (χ1v) is 12.0. The third-order valence-corrected chi connectivity index (χ3v) is 6.04. The molecule has 0 radical (unpaired) electrons. The number of benzene rings is 2. The minimum absolute atomic E-state index is 0.155. The number of amides is 1. The number of rotatable bonds is 5. The summed E-state index contributed by atoms with van der Waals surface area (Å²) in [6.07, 6.45) is 3.01. The van der Waals surface area contributed by atoms with Crippen molar-refractivity contribution >= 4 is 41.6 Å². The standard InChI is InChI=1S/C27H23F3N8O2/c1-15-4-5-19(9-21(15)36-24-10-22-23(32-13-33-24)11-31-26(37-22)40-3)35-25(39)17-6-18(27(28,29)30)8-20(7-17)38-12-16(2)34-14-38/h4-14,22,36H,1-3H3,(H,35,39). The second-order valence-electron chi connectivity index (χ2n) is 8.97. The number of hydrogen-bond donors (Lipinski definition) is 2. The summed E-state index contributed by atoms with van der Waals surface area (Å²) in [6, 6.07) is 8.01. The number of aromatic nitrogens is 2. The van der Waals surface area contributed by atoms with Gasteiger partial charge in [-0.2, -0.15) is 13.2 Å². The molecule has 3 aromatic rings. The van der Waals surface area contributed by atoms with Gasteiger partial charge < -0.3 is 19.9 Å². The molecule has 0 spiro atoms. The Labute approximate surface area is 226 Å². The van der Waals surface area contributed by atoms with E-state index in [0.717, 1.165) is 17.7 Å². The Bertz CT molecular complexity index is 1630. The van der Waals surface area contributed by atoms with E-state index < -0.39 is 23.7 Å². The minimum Gasteiger partial charge on any atom is -0.467 e. The van der Waals surface area contributed by atoms with Crippen LogP contribution in [0.4, 0.5) is 24.5 Å². The number of ether oxygens (including phenoxy) is 1. The molecule has 0 saturated heterocycles. The van der Waals surface area contributed by atoms with Gasteiger partial charge in [0, 0.05) is 28.8 Å². The lowest BCUT2D eigenvalue weighted by Gasteiger charge is -2.15.